The first-order valence-corrected chi connectivity index (χ1v) is 7.63. The Balaban J connectivity index is 4.39. The maximum atomic E-state index is 5.60. The fourth-order valence-electron chi connectivity index (χ4n) is 1.37. The van der Waals surface area contributed by atoms with Gasteiger partial charge >= 0.3 is 0 Å². The highest BCUT2D eigenvalue weighted by Gasteiger charge is 2.25. The van der Waals surface area contributed by atoms with Gasteiger partial charge in [-0.05, 0) is 53.9 Å². The Labute approximate surface area is 125 Å². The summed E-state index contributed by atoms with van der Waals surface area (Å²) in [5.41, 5.74) is -0.610. The molecule has 0 aromatic carbocycles. The SMILES string of the molecule is CCC(CC(OOC(C)(C)C)C(C)C)OOC(C)(C)C. The first-order valence-electron chi connectivity index (χ1n) is 7.63. The molecule has 0 saturated heterocycles. The summed E-state index contributed by atoms with van der Waals surface area (Å²) in [7, 11) is 0. The van der Waals surface area contributed by atoms with Gasteiger partial charge in [0.05, 0.1) is 23.4 Å². The molecule has 4 nitrogen and oxygen atoms in total. The molecule has 0 radical (unpaired) electrons. The van der Waals surface area contributed by atoms with Gasteiger partial charge in [0.2, 0.25) is 0 Å². The third kappa shape index (κ3) is 10.6. The van der Waals surface area contributed by atoms with Crippen LogP contribution in [0.2, 0.25) is 0 Å². The number of hydrogen-bond acceptors (Lipinski definition) is 4. The standard InChI is InChI=1S/C16H34O4/c1-10-13(17-19-15(4,5)6)11-14(12(2)3)18-20-16(7,8)9/h12-14H,10-11H2,1-9H3. The summed E-state index contributed by atoms with van der Waals surface area (Å²) in [5, 5.41) is 0. The Kier molecular flexibility index (Phi) is 8.26. The van der Waals surface area contributed by atoms with Crippen LogP contribution in [0.4, 0.5) is 0 Å². The maximum Gasteiger partial charge on any atom is 0.0978 e. The van der Waals surface area contributed by atoms with Crippen molar-refractivity contribution < 1.29 is 19.6 Å². The molecule has 20 heavy (non-hydrogen) atoms. The fraction of sp³-hybridized carbons (Fsp3) is 1.00. The van der Waals surface area contributed by atoms with Crippen LogP contribution in [0.5, 0.6) is 0 Å². The molecule has 0 aromatic rings. The van der Waals surface area contributed by atoms with Crippen LogP contribution in [0.3, 0.4) is 0 Å². The van der Waals surface area contributed by atoms with Crippen molar-refractivity contribution >= 4 is 0 Å². The molecule has 0 fully saturated rings. The highest BCUT2D eigenvalue weighted by Crippen LogP contribution is 2.21. The molecule has 4 heteroatoms. The molecule has 0 spiro atoms. The van der Waals surface area contributed by atoms with Gasteiger partial charge < -0.3 is 0 Å². The average Bonchev–Trinajstić information content (AvgIpc) is 2.25. The molecule has 2 atom stereocenters. The van der Waals surface area contributed by atoms with E-state index in [4.69, 9.17) is 19.6 Å². The first kappa shape index (κ1) is 19.8. The minimum Gasteiger partial charge on any atom is -0.233 e. The zero-order valence-corrected chi connectivity index (χ0v) is 14.8. The van der Waals surface area contributed by atoms with Crippen molar-refractivity contribution in [3.05, 3.63) is 0 Å². The van der Waals surface area contributed by atoms with Crippen LogP contribution in [0.25, 0.3) is 0 Å². The van der Waals surface area contributed by atoms with E-state index in [9.17, 15) is 0 Å². The topological polar surface area (TPSA) is 36.9 Å². The van der Waals surface area contributed by atoms with E-state index in [2.05, 4.69) is 20.8 Å². The molecule has 2 unspecified atom stereocenters. The smallest absolute Gasteiger partial charge is 0.0978 e. The van der Waals surface area contributed by atoms with Crippen LogP contribution in [0, 0.1) is 5.92 Å². The van der Waals surface area contributed by atoms with Gasteiger partial charge in [0.25, 0.3) is 0 Å². The second-order valence-corrected chi connectivity index (χ2v) is 7.63. The third-order valence-corrected chi connectivity index (χ3v) is 2.55. The average molecular weight is 290 g/mol. The molecular formula is C16H34O4. The van der Waals surface area contributed by atoms with Crippen molar-refractivity contribution in [3.63, 3.8) is 0 Å². The predicted molar refractivity (Wildman–Crippen MR) is 81.2 cm³/mol. The highest BCUT2D eigenvalue weighted by atomic mass is 17.2. The van der Waals surface area contributed by atoms with E-state index < -0.39 is 0 Å². The molecule has 0 aliphatic heterocycles. The van der Waals surface area contributed by atoms with Gasteiger partial charge in [-0.2, -0.15) is 0 Å². The van der Waals surface area contributed by atoms with Gasteiger partial charge in [0, 0.05) is 6.42 Å². The quantitative estimate of drug-likeness (QED) is 0.481. The summed E-state index contributed by atoms with van der Waals surface area (Å²) >= 11 is 0. The van der Waals surface area contributed by atoms with Gasteiger partial charge in [-0.25, -0.2) is 19.6 Å². The van der Waals surface area contributed by atoms with E-state index in [1.165, 1.54) is 0 Å². The summed E-state index contributed by atoms with van der Waals surface area (Å²) in [6.45, 7) is 18.2. The lowest BCUT2D eigenvalue weighted by molar-refractivity contribution is -0.401. The molecule has 0 rings (SSSR count). The molecule has 0 saturated carbocycles. The molecule has 0 N–H and O–H groups in total. The Bertz CT molecular complexity index is 250. The summed E-state index contributed by atoms with van der Waals surface area (Å²) in [6, 6.07) is 0. The molecule has 0 aliphatic rings. The van der Waals surface area contributed by atoms with Gasteiger partial charge in [-0.15, -0.1) is 0 Å². The van der Waals surface area contributed by atoms with Gasteiger partial charge in [0.1, 0.15) is 0 Å². The van der Waals surface area contributed by atoms with Crippen molar-refractivity contribution in [2.45, 2.75) is 98.6 Å². The van der Waals surface area contributed by atoms with Crippen molar-refractivity contribution in [1.29, 1.82) is 0 Å². The fourth-order valence-corrected chi connectivity index (χ4v) is 1.37. The van der Waals surface area contributed by atoms with E-state index >= 15 is 0 Å². The number of hydrogen-bond donors (Lipinski definition) is 0. The Morgan fingerprint density at radius 1 is 0.800 bits per heavy atom. The van der Waals surface area contributed by atoms with E-state index in [-0.39, 0.29) is 23.4 Å². The third-order valence-electron chi connectivity index (χ3n) is 2.55. The Hall–Kier alpha value is -0.160. The van der Waals surface area contributed by atoms with Crippen molar-refractivity contribution in [2.24, 2.45) is 5.92 Å². The van der Waals surface area contributed by atoms with Crippen molar-refractivity contribution in [1.82, 2.24) is 0 Å². The van der Waals surface area contributed by atoms with Crippen molar-refractivity contribution in [2.75, 3.05) is 0 Å². The molecule has 0 amide bonds. The minimum absolute atomic E-state index is 0.00481. The molecule has 0 bridgehead atoms. The minimum atomic E-state index is -0.308. The monoisotopic (exact) mass is 290 g/mol. The lowest BCUT2D eigenvalue weighted by Crippen LogP contribution is -2.32. The predicted octanol–water partition coefficient (Wildman–Crippen LogP) is 4.67. The summed E-state index contributed by atoms with van der Waals surface area (Å²) in [4.78, 5) is 22.0. The second kappa shape index (κ2) is 8.32. The second-order valence-electron chi connectivity index (χ2n) is 7.63. The Morgan fingerprint density at radius 2 is 1.25 bits per heavy atom. The lowest BCUT2D eigenvalue weighted by Gasteiger charge is -2.29. The summed E-state index contributed by atoms with van der Waals surface area (Å²) in [5.74, 6) is 0.352. The van der Waals surface area contributed by atoms with Gasteiger partial charge in [-0.1, -0.05) is 20.8 Å². The largest absolute Gasteiger partial charge is 0.233 e. The highest BCUT2D eigenvalue weighted by molar-refractivity contribution is 4.68. The van der Waals surface area contributed by atoms with E-state index in [1.807, 2.05) is 41.5 Å². The van der Waals surface area contributed by atoms with Crippen LogP contribution in [-0.2, 0) is 19.6 Å². The maximum absolute atomic E-state index is 5.60. The normalized spacial score (nSPS) is 16.5. The molecule has 0 aliphatic carbocycles. The van der Waals surface area contributed by atoms with Crippen LogP contribution < -0.4 is 0 Å². The van der Waals surface area contributed by atoms with E-state index in [0.717, 1.165) is 12.8 Å². The molecule has 0 heterocycles. The van der Waals surface area contributed by atoms with E-state index in [1.54, 1.807) is 0 Å². The van der Waals surface area contributed by atoms with Crippen LogP contribution in [-0.4, -0.2) is 23.4 Å². The molecule has 122 valence electrons. The zero-order valence-electron chi connectivity index (χ0n) is 14.8. The summed E-state index contributed by atoms with van der Waals surface area (Å²) in [6.07, 6.45) is 1.62. The lowest BCUT2D eigenvalue weighted by atomic mass is 10.00. The molecule has 0 aromatic heterocycles. The summed E-state index contributed by atoms with van der Waals surface area (Å²) < 4.78 is 0. The van der Waals surface area contributed by atoms with E-state index in [0.29, 0.717) is 5.92 Å². The van der Waals surface area contributed by atoms with Gasteiger partial charge in [0.15, 0.2) is 0 Å². The van der Waals surface area contributed by atoms with Crippen LogP contribution >= 0.6 is 0 Å². The first-order chi connectivity index (χ1) is 8.94. The van der Waals surface area contributed by atoms with Crippen LogP contribution in [0.15, 0.2) is 0 Å². The number of rotatable bonds is 8. The zero-order chi connectivity index (χ0) is 16.0. The van der Waals surface area contributed by atoms with Gasteiger partial charge in [-0.3, -0.25) is 0 Å². The Morgan fingerprint density at radius 3 is 1.60 bits per heavy atom. The van der Waals surface area contributed by atoms with Crippen molar-refractivity contribution in [3.8, 4) is 0 Å². The molecular weight excluding hydrogens is 256 g/mol. The van der Waals surface area contributed by atoms with Crippen LogP contribution in [0.1, 0.15) is 75.2 Å².